The number of Topliss-reactive ketones (excluding diaryl/α,β-unsaturated/α-hetero) is 1. The van der Waals surface area contributed by atoms with Crippen molar-refractivity contribution in [1.82, 2.24) is 0 Å². The van der Waals surface area contributed by atoms with Crippen LogP contribution in [0.1, 0.15) is 34.1 Å². The summed E-state index contributed by atoms with van der Waals surface area (Å²) in [7, 11) is 0. The predicted molar refractivity (Wildman–Crippen MR) is 47.7 cm³/mol. The number of allylic oxidation sites excluding steroid dienone is 2. The van der Waals surface area contributed by atoms with E-state index >= 15 is 0 Å². The minimum Gasteiger partial charge on any atom is -0.497 e. The van der Waals surface area contributed by atoms with Gasteiger partial charge in [0.2, 0.25) is 0 Å². The van der Waals surface area contributed by atoms with Gasteiger partial charge in [0.15, 0.2) is 5.78 Å². The molecule has 12 heavy (non-hydrogen) atoms. The van der Waals surface area contributed by atoms with Gasteiger partial charge in [-0.1, -0.05) is 13.8 Å². The molecular weight excluding hydrogens is 152 g/mol. The van der Waals surface area contributed by atoms with Crippen molar-refractivity contribution >= 4 is 5.78 Å². The maximum atomic E-state index is 11.3. The summed E-state index contributed by atoms with van der Waals surface area (Å²) in [6, 6.07) is 0. The lowest BCUT2D eigenvalue weighted by molar-refractivity contribution is -0.115. The standard InChI is InChI=1S/C10H16O2/c1-5-12-9-7(2)8(11)6-10(9,3)4/h5-6H2,1-4H3. The Kier molecular flexibility index (Phi) is 2.27. The Morgan fingerprint density at radius 3 is 2.42 bits per heavy atom. The molecule has 1 aliphatic rings. The van der Waals surface area contributed by atoms with Crippen LogP contribution < -0.4 is 0 Å². The van der Waals surface area contributed by atoms with E-state index in [-0.39, 0.29) is 11.2 Å². The molecule has 0 aromatic rings. The van der Waals surface area contributed by atoms with Crippen LogP contribution in [0, 0.1) is 5.41 Å². The second-order valence-electron chi connectivity index (χ2n) is 3.87. The first-order valence-electron chi connectivity index (χ1n) is 4.36. The Morgan fingerprint density at radius 2 is 2.08 bits per heavy atom. The highest BCUT2D eigenvalue weighted by Crippen LogP contribution is 2.40. The maximum absolute atomic E-state index is 11.3. The van der Waals surface area contributed by atoms with Crippen LogP contribution in [0.4, 0.5) is 0 Å². The zero-order chi connectivity index (χ0) is 9.35. The van der Waals surface area contributed by atoms with Crippen molar-refractivity contribution in [2.24, 2.45) is 5.41 Å². The zero-order valence-electron chi connectivity index (χ0n) is 8.23. The van der Waals surface area contributed by atoms with Crippen molar-refractivity contribution in [2.45, 2.75) is 34.1 Å². The third-order valence-corrected chi connectivity index (χ3v) is 2.26. The van der Waals surface area contributed by atoms with Gasteiger partial charge in [0.1, 0.15) is 5.76 Å². The zero-order valence-corrected chi connectivity index (χ0v) is 8.23. The molecule has 0 heterocycles. The van der Waals surface area contributed by atoms with Crippen molar-refractivity contribution in [2.75, 3.05) is 6.61 Å². The second kappa shape index (κ2) is 2.92. The molecule has 0 atom stereocenters. The molecule has 1 aliphatic carbocycles. The Hall–Kier alpha value is -0.790. The van der Waals surface area contributed by atoms with E-state index in [4.69, 9.17) is 4.74 Å². The summed E-state index contributed by atoms with van der Waals surface area (Å²) < 4.78 is 5.46. The first-order chi connectivity index (χ1) is 5.49. The van der Waals surface area contributed by atoms with Crippen molar-refractivity contribution in [3.8, 4) is 0 Å². The summed E-state index contributed by atoms with van der Waals surface area (Å²) in [6.07, 6.45) is 0.591. The van der Waals surface area contributed by atoms with E-state index in [0.717, 1.165) is 11.3 Å². The normalized spacial score (nSPS) is 21.8. The molecule has 0 bridgehead atoms. The lowest BCUT2D eigenvalue weighted by Gasteiger charge is -2.21. The minimum absolute atomic E-state index is 0.0861. The van der Waals surface area contributed by atoms with E-state index in [0.29, 0.717) is 13.0 Å². The van der Waals surface area contributed by atoms with E-state index in [2.05, 4.69) is 0 Å². The fraction of sp³-hybridized carbons (Fsp3) is 0.700. The van der Waals surface area contributed by atoms with Crippen LogP contribution in [0.15, 0.2) is 11.3 Å². The third-order valence-electron chi connectivity index (χ3n) is 2.26. The summed E-state index contributed by atoms with van der Waals surface area (Å²) in [5.41, 5.74) is 0.721. The highest BCUT2D eigenvalue weighted by molar-refractivity contribution is 5.98. The van der Waals surface area contributed by atoms with Gasteiger partial charge < -0.3 is 4.74 Å². The van der Waals surface area contributed by atoms with Crippen molar-refractivity contribution in [3.63, 3.8) is 0 Å². The van der Waals surface area contributed by atoms with E-state index in [1.807, 2.05) is 27.7 Å². The third kappa shape index (κ3) is 1.38. The lowest BCUT2D eigenvalue weighted by Crippen LogP contribution is -2.13. The van der Waals surface area contributed by atoms with Gasteiger partial charge in [-0.15, -0.1) is 0 Å². The summed E-state index contributed by atoms with van der Waals surface area (Å²) in [6.45, 7) is 8.53. The molecule has 1 rings (SSSR count). The van der Waals surface area contributed by atoms with Crippen molar-refractivity contribution in [1.29, 1.82) is 0 Å². The van der Waals surface area contributed by atoms with E-state index in [9.17, 15) is 4.79 Å². The predicted octanol–water partition coefficient (Wildman–Crippen LogP) is 2.30. The smallest absolute Gasteiger partial charge is 0.162 e. The highest BCUT2D eigenvalue weighted by atomic mass is 16.5. The summed E-state index contributed by atoms with van der Waals surface area (Å²) in [4.78, 5) is 11.3. The Morgan fingerprint density at radius 1 is 1.50 bits per heavy atom. The molecule has 0 aliphatic heterocycles. The van der Waals surface area contributed by atoms with Crippen LogP contribution in [0.2, 0.25) is 0 Å². The number of carbonyl (C=O) groups excluding carboxylic acids is 1. The second-order valence-corrected chi connectivity index (χ2v) is 3.87. The first-order valence-corrected chi connectivity index (χ1v) is 4.36. The molecule has 0 aromatic carbocycles. The van der Waals surface area contributed by atoms with Gasteiger partial charge in [-0.3, -0.25) is 4.79 Å². The Labute approximate surface area is 73.6 Å². The summed E-state index contributed by atoms with van der Waals surface area (Å²) in [5.74, 6) is 1.11. The molecule has 0 unspecified atom stereocenters. The molecule has 0 aromatic heterocycles. The molecule has 0 saturated heterocycles. The summed E-state index contributed by atoms with van der Waals surface area (Å²) >= 11 is 0. The Bertz CT molecular complexity index is 236. The highest BCUT2D eigenvalue weighted by Gasteiger charge is 2.37. The average Bonchev–Trinajstić information content (AvgIpc) is 2.13. The van der Waals surface area contributed by atoms with Crippen LogP contribution in [0.25, 0.3) is 0 Å². The fourth-order valence-electron chi connectivity index (χ4n) is 1.70. The SMILES string of the molecule is CCOC1=C(C)C(=O)CC1(C)C. The Balaban J connectivity index is 2.96. The molecule has 0 radical (unpaired) electrons. The van der Waals surface area contributed by atoms with Gasteiger partial charge in [0, 0.05) is 17.4 Å². The average molecular weight is 168 g/mol. The largest absolute Gasteiger partial charge is 0.497 e. The maximum Gasteiger partial charge on any atom is 0.162 e. The number of ether oxygens (including phenoxy) is 1. The lowest BCUT2D eigenvalue weighted by atomic mass is 9.91. The molecule has 0 N–H and O–H groups in total. The molecule has 68 valence electrons. The topological polar surface area (TPSA) is 26.3 Å². The van der Waals surface area contributed by atoms with Gasteiger partial charge in [0.25, 0.3) is 0 Å². The summed E-state index contributed by atoms with van der Waals surface area (Å²) in [5, 5.41) is 0. The van der Waals surface area contributed by atoms with Crippen LogP contribution in [0.5, 0.6) is 0 Å². The van der Waals surface area contributed by atoms with Gasteiger partial charge in [-0.25, -0.2) is 0 Å². The molecule has 0 spiro atoms. The van der Waals surface area contributed by atoms with Gasteiger partial charge in [-0.05, 0) is 13.8 Å². The number of carbonyl (C=O) groups is 1. The molecule has 0 amide bonds. The first kappa shape index (κ1) is 9.30. The van der Waals surface area contributed by atoms with Crippen LogP contribution in [0.3, 0.4) is 0 Å². The molecule has 0 fully saturated rings. The molecule has 2 heteroatoms. The molecule has 2 nitrogen and oxygen atoms in total. The number of hydrogen-bond donors (Lipinski definition) is 0. The van der Waals surface area contributed by atoms with E-state index in [1.165, 1.54) is 0 Å². The molecule has 0 saturated carbocycles. The molecular formula is C10H16O2. The van der Waals surface area contributed by atoms with Gasteiger partial charge in [-0.2, -0.15) is 0 Å². The monoisotopic (exact) mass is 168 g/mol. The minimum atomic E-state index is -0.0861. The quantitative estimate of drug-likeness (QED) is 0.632. The van der Waals surface area contributed by atoms with Crippen LogP contribution >= 0.6 is 0 Å². The number of ketones is 1. The van der Waals surface area contributed by atoms with E-state index in [1.54, 1.807) is 0 Å². The van der Waals surface area contributed by atoms with Gasteiger partial charge in [0.05, 0.1) is 6.61 Å². The number of hydrogen-bond acceptors (Lipinski definition) is 2. The van der Waals surface area contributed by atoms with E-state index < -0.39 is 0 Å². The van der Waals surface area contributed by atoms with Gasteiger partial charge >= 0.3 is 0 Å². The number of rotatable bonds is 2. The van der Waals surface area contributed by atoms with Crippen LogP contribution in [-0.4, -0.2) is 12.4 Å². The van der Waals surface area contributed by atoms with Crippen LogP contribution in [-0.2, 0) is 9.53 Å². The fourth-order valence-corrected chi connectivity index (χ4v) is 1.70. The van der Waals surface area contributed by atoms with Crippen molar-refractivity contribution in [3.05, 3.63) is 11.3 Å². The van der Waals surface area contributed by atoms with Crippen molar-refractivity contribution < 1.29 is 9.53 Å².